The quantitative estimate of drug-likeness (QED) is 0.273. The summed E-state index contributed by atoms with van der Waals surface area (Å²) in [6.07, 6.45) is 6.19. The lowest BCUT2D eigenvalue weighted by Gasteiger charge is -2.16. The Morgan fingerprint density at radius 3 is 2.84 bits per heavy atom. The van der Waals surface area contributed by atoms with Crippen molar-refractivity contribution in [3.8, 4) is 0 Å². The Hall–Kier alpha value is -2.84. The van der Waals surface area contributed by atoms with Gasteiger partial charge in [-0.1, -0.05) is 25.7 Å². The van der Waals surface area contributed by atoms with E-state index < -0.39 is 8.07 Å². The number of nitrogens with one attached hydrogen (secondary N) is 1. The van der Waals surface area contributed by atoms with E-state index >= 15 is 0 Å². The number of ether oxygens (including phenoxy) is 1. The third kappa shape index (κ3) is 4.31. The van der Waals surface area contributed by atoms with Gasteiger partial charge in [0, 0.05) is 32.1 Å². The number of furan rings is 1. The Morgan fingerprint density at radius 2 is 2.06 bits per heavy atom. The lowest BCUT2D eigenvalue weighted by atomic mass is 10.2. The second-order valence-electron chi connectivity index (χ2n) is 9.61. The number of anilines is 3. The van der Waals surface area contributed by atoms with E-state index in [1.54, 1.807) is 6.26 Å². The summed E-state index contributed by atoms with van der Waals surface area (Å²) in [4.78, 5) is 9.10. The highest BCUT2D eigenvalue weighted by molar-refractivity contribution is 6.76. The Labute approximate surface area is 182 Å². The zero-order valence-corrected chi connectivity index (χ0v) is 19.3. The maximum Gasteiger partial charge on any atom is 0.229 e. The van der Waals surface area contributed by atoms with Crippen LogP contribution in [0.1, 0.15) is 24.3 Å². The van der Waals surface area contributed by atoms with Crippen LogP contribution < -0.4 is 11.1 Å². The molecule has 0 unspecified atom stereocenters. The fraction of sp³-hybridized carbons (Fsp3) is 0.391. The van der Waals surface area contributed by atoms with Crippen molar-refractivity contribution in [3.63, 3.8) is 0 Å². The number of nitrogens with two attached hydrogens (primary N) is 1. The Bertz CT molecular complexity index is 1240. The largest absolute Gasteiger partial charge is 0.458 e. The molecule has 3 aromatic heterocycles. The Balaban J connectivity index is 1.36. The van der Waals surface area contributed by atoms with Gasteiger partial charge in [0.2, 0.25) is 5.95 Å². The lowest BCUT2D eigenvalue weighted by molar-refractivity contribution is 0.0902. The number of fused-ring (bicyclic) bond motifs is 2. The number of nitrogen functional groups attached to an aromatic ring is 1. The highest BCUT2D eigenvalue weighted by Gasteiger charge is 2.29. The van der Waals surface area contributed by atoms with E-state index in [9.17, 15) is 0 Å². The van der Waals surface area contributed by atoms with Crippen molar-refractivity contribution in [3.05, 3.63) is 42.3 Å². The molecule has 0 radical (unpaired) electrons. The summed E-state index contributed by atoms with van der Waals surface area (Å²) in [5.41, 5.74) is 10.7. The van der Waals surface area contributed by atoms with Gasteiger partial charge in [-0.15, -0.1) is 0 Å². The maximum atomic E-state index is 6.14. The smallest absolute Gasteiger partial charge is 0.229 e. The van der Waals surface area contributed by atoms with Gasteiger partial charge in [0.1, 0.15) is 12.2 Å². The van der Waals surface area contributed by atoms with Gasteiger partial charge in [-0.05, 0) is 48.4 Å². The first-order valence-corrected chi connectivity index (χ1v) is 14.6. The molecule has 4 aromatic rings. The molecular weight excluding hydrogens is 406 g/mol. The average molecular weight is 436 g/mol. The highest BCUT2D eigenvalue weighted by atomic mass is 28.3. The normalized spacial score (nSPS) is 14.5. The van der Waals surface area contributed by atoms with Crippen molar-refractivity contribution in [1.82, 2.24) is 14.5 Å². The van der Waals surface area contributed by atoms with Crippen molar-refractivity contribution in [1.29, 1.82) is 0 Å². The first-order chi connectivity index (χ1) is 14.9. The number of nitrogens with zero attached hydrogens (tertiary/aromatic N) is 3. The molecular formula is C23H29N5O2Si. The molecule has 3 heterocycles. The SMILES string of the molecule is C[Si](C)(C)CCOCn1ccc2ccc(Nc3nc(N)c4occ(C5CC5)c4n3)cc21. The van der Waals surface area contributed by atoms with E-state index in [-0.39, 0.29) is 0 Å². The van der Waals surface area contributed by atoms with Gasteiger partial charge in [0.25, 0.3) is 0 Å². The van der Waals surface area contributed by atoms with Gasteiger partial charge in [-0.3, -0.25) is 0 Å². The van der Waals surface area contributed by atoms with E-state index in [0.29, 0.717) is 30.0 Å². The molecule has 0 saturated heterocycles. The summed E-state index contributed by atoms with van der Waals surface area (Å²) < 4.78 is 13.7. The zero-order valence-electron chi connectivity index (χ0n) is 18.3. The van der Waals surface area contributed by atoms with Crippen molar-refractivity contribution in [2.45, 2.75) is 51.2 Å². The molecule has 0 bridgehead atoms. The van der Waals surface area contributed by atoms with Gasteiger partial charge in [0.05, 0.1) is 11.8 Å². The van der Waals surface area contributed by atoms with Crippen LogP contribution in [0.2, 0.25) is 25.7 Å². The van der Waals surface area contributed by atoms with Crippen LogP contribution in [0.25, 0.3) is 22.0 Å². The van der Waals surface area contributed by atoms with E-state index in [0.717, 1.165) is 34.9 Å². The summed E-state index contributed by atoms with van der Waals surface area (Å²) in [5, 5.41) is 4.48. The van der Waals surface area contributed by atoms with Gasteiger partial charge in [0.15, 0.2) is 11.4 Å². The Kier molecular flexibility index (Phi) is 4.98. The second kappa shape index (κ2) is 7.69. The molecule has 8 heteroatoms. The zero-order chi connectivity index (χ0) is 21.6. The van der Waals surface area contributed by atoms with Crippen LogP contribution in [0, 0.1) is 0 Å². The standard InChI is InChI=1S/C23H29N5O2Si/c1-31(2,3)11-10-29-14-28-9-8-16-6-7-17(12-19(16)28)25-23-26-20-18(15-4-5-15)13-30-21(20)22(24)27-23/h6-9,12-13,15H,4-5,10-11,14H2,1-3H3,(H3,24,25,26,27). The molecule has 1 aliphatic rings. The molecule has 0 spiro atoms. The fourth-order valence-corrected chi connectivity index (χ4v) is 4.50. The minimum Gasteiger partial charge on any atom is -0.458 e. The van der Waals surface area contributed by atoms with Crippen molar-refractivity contribution < 1.29 is 9.15 Å². The molecule has 1 aliphatic carbocycles. The van der Waals surface area contributed by atoms with Crippen molar-refractivity contribution in [2.75, 3.05) is 17.7 Å². The number of aromatic nitrogens is 3. The summed E-state index contributed by atoms with van der Waals surface area (Å²) in [5.74, 6) is 1.38. The summed E-state index contributed by atoms with van der Waals surface area (Å²) in [6, 6.07) is 9.48. The topological polar surface area (TPSA) is 91.1 Å². The third-order valence-electron chi connectivity index (χ3n) is 5.74. The van der Waals surface area contributed by atoms with E-state index in [2.05, 4.69) is 58.9 Å². The number of rotatable bonds is 8. The molecule has 7 nitrogen and oxygen atoms in total. The van der Waals surface area contributed by atoms with Gasteiger partial charge in [-0.2, -0.15) is 4.98 Å². The molecule has 0 amide bonds. The van der Waals surface area contributed by atoms with Gasteiger partial charge in [-0.25, -0.2) is 4.98 Å². The molecule has 1 aromatic carbocycles. The number of benzene rings is 1. The lowest BCUT2D eigenvalue weighted by Crippen LogP contribution is -2.21. The van der Waals surface area contributed by atoms with Crippen LogP contribution in [0.3, 0.4) is 0 Å². The maximum absolute atomic E-state index is 6.14. The summed E-state index contributed by atoms with van der Waals surface area (Å²) >= 11 is 0. The van der Waals surface area contributed by atoms with Crippen LogP contribution in [-0.4, -0.2) is 29.2 Å². The van der Waals surface area contributed by atoms with Crippen LogP contribution in [0.15, 0.2) is 41.1 Å². The number of hydrogen-bond acceptors (Lipinski definition) is 6. The van der Waals surface area contributed by atoms with Crippen LogP contribution in [0.4, 0.5) is 17.5 Å². The first-order valence-electron chi connectivity index (χ1n) is 10.9. The molecule has 1 fully saturated rings. The van der Waals surface area contributed by atoms with Crippen molar-refractivity contribution in [2.24, 2.45) is 0 Å². The second-order valence-corrected chi connectivity index (χ2v) is 15.2. The molecule has 1 saturated carbocycles. The molecule has 31 heavy (non-hydrogen) atoms. The van der Waals surface area contributed by atoms with Crippen molar-refractivity contribution >= 4 is 47.5 Å². The highest BCUT2D eigenvalue weighted by Crippen LogP contribution is 2.44. The minimum absolute atomic E-state index is 0.361. The summed E-state index contributed by atoms with van der Waals surface area (Å²) in [6.45, 7) is 8.44. The van der Waals surface area contributed by atoms with E-state index in [4.69, 9.17) is 19.9 Å². The Morgan fingerprint density at radius 1 is 1.23 bits per heavy atom. The minimum atomic E-state index is -1.09. The average Bonchev–Trinajstić information content (AvgIpc) is 3.33. The molecule has 0 atom stereocenters. The fourth-order valence-electron chi connectivity index (χ4n) is 3.74. The molecule has 3 N–H and O–H groups in total. The van der Waals surface area contributed by atoms with E-state index in [1.165, 1.54) is 18.2 Å². The van der Waals surface area contributed by atoms with Crippen LogP contribution in [-0.2, 0) is 11.5 Å². The molecule has 162 valence electrons. The van der Waals surface area contributed by atoms with Crippen LogP contribution >= 0.6 is 0 Å². The molecule has 0 aliphatic heterocycles. The molecule has 5 rings (SSSR count). The number of hydrogen-bond donors (Lipinski definition) is 2. The van der Waals surface area contributed by atoms with Gasteiger partial charge < -0.3 is 24.8 Å². The van der Waals surface area contributed by atoms with E-state index in [1.807, 2.05) is 6.07 Å². The third-order valence-corrected chi connectivity index (χ3v) is 7.45. The summed E-state index contributed by atoms with van der Waals surface area (Å²) in [7, 11) is -1.09. The van der Waals surface area contributed by atoms with Gasteiger partial charge >= 0.3 is 0 Å². The van der Waals surface area contributed by atoms with Crippen LogP contribution in [0.5, 0.6) is 0 Å². The predicted octanol–water partition coefficient (Wildman–Crippen LogP) is 5.69. The predicted molar refractivity (Wildman–Crippen MR) is 128 cm³/mol. The monoisotopic (exact) mass is 435 g/mol. The first kappa shape index (κ1) is 20.1.